The molecule has 1 atom stereocenters. The second-order valence-corrected chi connectivity index (χ2v) is 7.59. The topological polar surface area (TPSA) is 50.3 Å². The van der Waals surface area contributed by atoms with Crippen molar-refractivity contribution in [2.24, 2.45) is 12.8 Å². The molecule has 2 heterocycles. The fraction of sp³-hybridized carbons (Fsp3) is 0.800. The maximum Gasteiger partial charge on any atom is 0.109 e. The quantitative estimate of drug-likeness (QED) is 0.897. The second-order valence-electron chi connectivity index (χ2n) is 6.84. The van der Waals surface area contributed by atoms with Gasteiger partial charge in [0.25, 0.3) is 0 Å². The van der Waals surface area contributed by atoms with E-state index < -0.39 is 0 Å². The number of rotatable bonds is 3. The van der Waals surface area contributed by atoms with Crippen molar-refractivity contribution >= 4 is 15.9 Å². The van der Waals surface area contributed by atoms with Gasteiger partial charge in [-0.15, -0.1) is 0 Å². The molecule has 0 saturated carbocycles. The third kappa shape index (κ3) is 3.50. The zero-order valence-corrected chi connectivity index (χ0v) is 15.4. The molecule has 0 radical (unpaired) electrons. The van der Waals surface area contributed by atoms with E-state index in [9.17, 15) is 0 Å². The van der Waals surface area contributed by atoms with Gasteiger partial charge in [-0.2, -0.15) is 0 Å². The largest absolute Gasteiger partial charge is 0.329 e. The molecule has 120 valence electrons. The number of hydrogen-bond donors (Lipinski definition) is 1. The molecule has 1 aromatic rings. The van der Waals surface area contributed by atoms with Crippen LogP contribution in [0.5, 0.6) is 0 Å². The summed E-state index contributed by atoms with van der Waals surface area (Å²) in [6.45, 7) is 13.7. The van der Waals surface area contributed by atoms with Gasteiger partial charge in [0.15, 0.2) is 0 Å². The van der Waals surface area contributed by atoms with Crippen LogP contribution in [0.4, 0.5) is 0 Å². The van der Waals surface area contributed by atoms with Crippen molar-refractivity contribution in [1.29, 1.82) is 0 Å². The zero-order valence-electron chi connectivity index (χ0n) is 13.9. The van der Waals surface area contributed by atoms with Crippen LogP contribution in [0.1, 0.15) is 38.3 Å². The van der Waals surface area contributed by atoms with Gasteiger partial charge in [0.05, 0.1) is 11.7 Å². The van der Waals surface area contributed by atoms with Gasteiger partial charge in [-0.3, -0.25) is 9.80 Å². The molecule has 2 rings (SSSR count). The first kappa shape index (κ1) is 16.9. The highest BCUT2D eigenvalue weighted by Crippen LogP contribution is 2.28. The van der Waals surface area contributed by atoms with Crippen molar-refractivity contribution in [3.63, 3.8) is 0 Å². The van der Waals surface area contributed by atoms with E-state index in [1.54, 1.807) is 0 Å². The molecule has 1 saturated heterocycles. The fourth-order valence-electron chi connectivity index (χ4n) is 2.96. The van der Waals surface area contributed by atoms with E-state index in [1.165, 1.54) is 0 Å². The number of piperazine rings is 1. The minimum atomic E-state index is 0.196. The molecule has 0 amide bonds. The van der Waals surface area contributed by atoms with Crippen LogP contribution in [0.2, 0.25) is 0 Å². The molecule has 6 heteroatoms. The van der Waals surface area contributed by atoms with Gasteiger partial charge in [0.2, 0.25) is 0 Å². The smallest absolute Gasteiger partial charge is 0.109 e. The number of aryl methyl sites for hydroxylation is 1. The average molecular weight is 358 g/mol. The van der Waals surface area contributed by atoms with E-state index in [-0.39, 0.29) is 11.6 Å². The summed E-state index contributed by atoms with van der Waals surface area (Å²) in [5.74, 6) is 1.02. The molecule has 0 spiro atoms. The molecule has 1 fully saturated rings. The van der Waals surface area contributed by atoms with Gasteiger partial charge >= 0.3 is 0 Å². The predicted octanol–water partition coefficient (Wildman–Crippen LogP) is 1.91. The SMILES string of the molecule is Cc1nc(C(CN)N2CCN(C(C)(C)C)CC2)c(Br)n1C. The zero-order chi connectivity index (χ0) is 15.8. The summed E-state index contributed by atoms with van der Waals surface area (Å²) in [5.41, 5.74) is 7.37. The van der Waals surface area contributed by atoms with E-state index in [2.05, 4.69) is 51.1 Å². The number of nitrogens with zero attached hydrogens (tertiary/aromatic N) is 4. The summed E-state index contributed by atoms with van der Waals surface area (Å²) < 4.78 is 3.12. The fourth-order valence-corrected chi connectivity index (χ4v) is 3.57. The molecule has 2 N–H and O–H groups in total. The van der Waals surface area contributed by atoms with Crippen molar-refractivity contribution < 1.29 is 0 Å². The standard InChI is InChI=1S/C15H28BrN5/c1-11-18-13(14(16)19(11)5)12(10-17)20-6-8-21(9-7-20)15(2,3)4/h12H,6-10,17H2,1-5H3. The van der Waals surface area contributed by atoms with Crippen molar-refractivity contribution in [2.75, 3.05) is 32.7 Å². The number of nitrogens with two attached hydrogens (primary N) is 1. The molecule has 1 aliphatic rings. The number of aromatic nitrogens is 2. The van der Waals surface area contributed by atoms with E-state index in [1.807, 2.05) is 14.0 Å². The Bertz CT molecular complexity index is 483. The van der Waals surface area contributed by atoms with Crippen LogP contribution in [0, 0.1) is 6.92 Å². The van der Waals surface area contributed by atoms with Crippen LogP contribution in [-0.4, -0.2) is 57.6 Å². The Morgan fingerprint density at radius 3 is 2.19 bits per heavy atom. The Kier molecular flexibility index (Phi) is 5.13. The minimum Gasteiger partial charge on any atom is -0.329 e. The van der Waals surface area contributed by atoms with Crippen LogP contribution >= 0.6 is 15.9 Å². The van der Waals surface area contributed by atoms with E-state index in [4.69, 9.17) is 10.7 Å². The van der Waals surface area contributed by atoms with Crippen molar-refractivity contribution in [3.05, 3.63) is 16.1 Å². The molecule has 5 nitrogen and oxygen atoms in total. The van der Waals surface area contributed by atoms with E-state index in [0.29, 0.717) is 6.54 Å². The summed E-state index contributed by atoms with van der Waals surface area (Å²) in [6.07, 6.45) is 0. The molecule has 1 aliphatic heterocycles. The first-order valence-corrected chi connectivity index (χ1v) is 8.43. The molecular formula is C15H28BrN5. The lowest BCUT2D eigenvalue weighted by Crippen LogP contribution is -2.54. The van der Waals surface area contributed by atoms with Crippen molar-refractivity contribution in [3.8, 4) is 0 Å². The molecule has 1 aromatic heterocycles. The lowest BCUT2D eigenvalue weighted by molar-refractivity contribution is 0.0424. The molecule has 0 aromatic carbocycles. The number of imidazole rings is 1. The summed E-state index contributed by atoms with van der Waals surface area (Å²) >= 11 is 3.66. The summed E-state index contributed by atoms with van der Waals surface area (Å²) in [7, 11) is 2.03. The van der Waals surface area contributed by atoms with E-state index >= 15 is 0 Å². The highest BCUT2D eigenvalue weighted by atomic mass is 79.9. The first-order chi connectivity index (χ1) is 9.75. The van der Waals surface area contributed by atoms with Crippen LogP contribution < -0.4 is 5.73 Å². The van der Waals surface area contributed by atoms with Gasteiger partial charge < -0.3 is 10.3 Å². The molecule has 0 bridgehead atoms. The maximum absolute atomic E-state index is 6.06. The Balaban J connectivity index is 2.11. The van der Waals surface area contributed by atoms with Crippen LogP contribution in [0.3, 0.4) is 0 Å². The van der Waals surface area contributed by atoms with Crippen LogP contribution in [0.25, 0.3) is 0 Å². The third-order valence-electron chi connectivity index (χ3n) is 4.52. The van der Waals surface area contributed by atoms with Gasteiger partial charge in [-0.05, 0) is 43.6 Å². The highest BCUT2D eigenvalue weighted by Gasteiger charge is 2.31. The lowest BCUT2D eigenvalue weighted by Gasteiger charge is -2.44. The monoisotopic (exact) mass is 357 g/mol. The third-order valence-corrected chi connectivity index (χ3v) is 5.45. The molecule has 21 heavy (non-hydrogen) atoms. The second kappa shape index (κ2) is 6.36. The Morgan fingerprint density at radius 1 is 1.24 bits per heavy atom. The normalized spacial score (nSPS) is 20.0. The molecule has 1 unspecified atom stereocenters. The number of halogens is 1. The maximum atomic E-state index is 6.06. The Labute approximate surface area is 136 Å². The summed E-state index contributed by atoms with van der Waals surface area (Å²) in [4.78, 5) is 9.71. The van der Waals surface area contributed by atoms with Gasteiger partial charge in [-0.25, -0.2) is 4.98 Å². The number of hydrogen-bond acceptors (Lipinski definition) is 4. The van der Waals surface area contributed by atoms with Crippen molar-refractivity contribution in [2.45, 2.75) is 39.3 Å². The van der Waals surface area contributed by atoms with Gasteiger partial charge in [0, 0.05) is 45.3 Å². The predicted molar refractivity (Wildman–Crippen MR) is 90.3 cm³/mol. The summed E-state index contributed by atoms with van der Waals surface area (Å²) in [5, 5.41) is 0. The van der Waals surface area contributed by atoms with Gasteiger partial charge in [0.1, 0.15) is 10.4 Å². The Morgan fingerprint density at radius 2 is 1.81 bits per heavy atom. The first-order valence-electron chi connectivity index (χ1n) is 7.63. The Hall–Kier alpha value is -0.430. The van der Waals surface area contributed by atoms with Crippen LogP contribution in [-0.2, 0) is 7.05 Å². The average Bonchev–Trinajstić information content (AvgIpc) is 2.67. The lowest BCUT2D eigenvalue weighted by atomic mass is 10.0. The van der Waals surface area contributed by atoms with Gasteiger partial charge in [-0.1, -0.05) is 0 Å². The van der Waals surface area contributed by atoms with Crippen LogP contribution in [0.15, 0.2) is 4.60 Å². The summed E-state index contributed by atoms with van der Waals surface area (Å²) in [6, 6.07) is 0.196. The van der Waals surface area contributed by atoms with Crippen molar-refractivity contribution in [1.82, 2.24) is 19.4 Å². The van der Waals surface area contributed by atoms with E-state index in [0.717, 1.165) is 42.3 Å². The molecular weight excluding hydrogens is 330 g/mol. The highest BCUT2D eigenvalue weighted by molar-refractivity contribution is 9.10. The minimum absolute atomic E-state index is 0.196. The molecule has 0 aliphatic carbocycles.